The first-order valence-corrected chi connectivity index (χ1v) is 11.6. The average molecular weight is 416 g/mol. The van der Waals surface area contributed by atoms with Gasteiger partial charge in [0.05, 0.1) is 12.7 Å². The third-order valence-corrected chi connectivity index (χ3v) is 4.29. The van der Waals surface area contributed by atoms with Gasteiger partial charge in [-0.05, 0) is 56.0 Å². The van der Waals surface area contributed by atoms with Gasteiger partial charge in [0, 0.05) is 18.8 Å². The number of hydrogen-bond acceptors (Lipinski definition) is 3. The first kappa shape index (κ1) is 29.9. The summed E-state index contributed by atoms with van der Waals surface area (Å²) in [6.45, 7) is 18.7. The quantitative estimate of drug-likeness (QED) is 0.481. The van der Waals surface area contributed by atoms with Crippen molar-refractivity contribution in [3.8, 4) is 0 Å². The zero-order valence-electron chi connectivity index (χ0n) is 20.9. The standard InChI is InChI=1S/C11H15N.C10H12O2.3C2H6/c1-10-4-6-11(7-5-10)12-8-2-3-9-12;1-3-8-4-6-9(7-5-8)10(11)12-2;3*1-2/h4-7H,2-3,8-9H2,1H3;4-7H,3H2,1-2H3;3*1-2H3. The van der Waals surface area contributed by atoms with Crippen LogP contribution in [-0.4, -0.2) is 26.2 Å². The van der Waals surface area contributed by atoms with Crippen LogP contribution in [-0.2, 0) is 11.2 Å². The third-order valence-electron chi connectivity index (χ3n) is 4.29. The van der Waals surface area contributed by atoms with Gasteiger partial charge in [0.25, 0.3) is 0 Å². The normalized spacial score (nSPS) is 11.2. The molecule has 170 valence electrons. The zero-order valence-corrected chi connectivity index (χ0v) is 20.9. The summed E-state index contributed by atoms with van der Waals surface area (Å²) in [7, 11) is 1.38. The Bertz CT molecular complexity index is 627. The van der Waals surface area contributed by atoms with Gasteiger partial charge in [-0.15, -0.1) is 0 Å². The van der Waals surface area contributed by atoms with Gasteiger partial charge in [-0.25, -0.2) is 4.79 Å². The largest absolute Gasteiger partial charge is 0.465 e. The number of hydrogen-bond donors (Lipinski definition) is 0. The molecule has 1 aliphatic heterocycles. The van der Waals surface area contributed by atoms with Gasteiger partial charge >= 0.3 is 5.97 Å². The molecule has 0 bridgehead atoms. The number of rotatable bonds is 3. The van der Waals surface area contributed by atoms with E-state index >= 15 is 0 Å². The summed E-state index contributed by atoms with van der Waals surface area (Å²) in [5.74, 6) is -0.280. The van der Waals surface area contributed by atoms with Crippen molar-refractivity contribution in [3.63, 3.8) is 0 Å². The highest BCUT2D eigenvalue weighted by molar-refractivity contribution is 5.89. The molecule has 1 saturated heterocycles. The average Bonchev–Trinajstić information content (AvgIpc) is 3.38. The van der Waals surface area contributed by atoms with E-state index in [0.29, 0.717) is 5.56 Å². The van der Waals surface area contributed by atoms with Gasteiger partial charge in [0.2, 0.25) is 0 Å². The molecule has 1 fully saturated rings. The Morgan fingerprint density at radius 2 is 1.30 bits per heavy atom. The maximum absolute atomic E-state index is 11.0. The number of nitrogens with zero attached hydrogens (tertiary/aromatic N) is 1. The highest BCUT2D eigenvalue weighted by Crippen LogP contribution is 2.19. The monoisotopic (exact) mass is 415 g/mol. The Morgan fingerprint density at radius 1 is 0.833 bits per heavy atom. The van der Waals surface area contributed by atoms with Crippen LogP contribution in [0, 0.1) is 6.92 Å². The molecule has 0 unspecified atom stereocenters. The number of benzene rings is 2. The molecule has 0 saturated carbocycles. The van der Waals surface area contributed by atoms with Gasteiger partial charge in [-0.3, -0.25) is 0 Å². The van der Waals surface area contributed by atoms with Gasteiger partial charge in [0.15, 0.2) is 0 Å². The summed E-state index contributed by atoms with van der Waals surface area (Å²) in [5.41, 5.74) is 4.56. The summed E-state index contributed by atoms with van der Waals surface area (Å²) < 4.78 is 4.57. The number of anilines is 1. The van der Waals surface area contributed by atoms with Crippen LogP contribution in [0.5, 0.6) is 0 Å². The summed E-state index contributed by atoms with van der Waals surface area (Å²) in [6, 6.07) is 16.3. The van der Waals surface area contributed by atoms with Crippen LogP contribution in [0.15, 0.2) is 48.5 Å². The van der Waals surface area contributed by atoms with Crippen molar-refractivity contribution in [3.05, 3.63) is 65.2 Å². The number of carbonyl (C=O) groups excluding carboxylic acids is 1. The van der Waals surface area contributed by atoms with Crippen LogP contribution >= 0.6 is 0 Å². The van der Waals surface area contributed by atoms with E-state index in [9.17, 15) is 4.79 Å². The van der Waals surface area contributed by atoms with E-state index in [4.69, 9.17) is 0 Å². The van der Waals surface area contributed by atoms with E-state index < -0.39 is 0 Å². The van der Waals surface area contributed by atoms with Crippen molar-refractivity contribution >= 4 is 11.7 Å². The van der Waals surface area contributed by atoms with Crippen LogP contribution < -0.4 is 4.90 Å². The highest BCUT2D eigenvalue weighted by Gasteiger charge is 2.11. The number of esters is 1. The number of methoxy groups -OCH3 is 1. The van der Waals surface area contributed by atoms with Gasteiger partial charge in [0.1, 0.15) is 0 Å². The van der Waals surface area contributed by atoms with E-state index in [-0.39, 0.29) is 5.97 Å². The lowest BCUT2D eigenvalue weighted by atomic mass is 10.1. The Kier molecular flexibility index (Phi) is 19.9. The fourth-order valence-corrected chi connectivity index (χ4v) is 2.73. The summed E-state index contributed by atoms with van der Waals surface area (Å²) in [6.07, 6.45) is 3.70. The second-order valence-corrected chi connectivity index (χ2v) is 6.07. The van der Waals surface area contributed by atoms with Crippen molar-refractivity contribution in [2.75, 3.05) is 25.1 Å². The van der Waals surface area contributed by atoms with E-state index in [2.05, 4.69) is 47.7 Å². The lowest BCUT2D eigenvalue weighted by Gasteiger charge is -2.17. The molecule has 2 aromatic rings. The minimum absolute atomic E-state index is 0.280. The lowest BCUT2D eigenvalue weighted by molar-refractivity contribution is 0.0600. The van der Waals surface area contributed by atoms with Crippen LogP contribution in [0.25, 0.3) is 0 Å². The molecule has 1 heterocycles. The molecular weight excluding hydrogens is 370 g/mol. The zero-order chi connectivity index (χ0) is 23.4. The molecular formula is C27H45NO2. The predicted molar refractivity (Wildman–Crippen MR) is 134 cm³/mol. The first-order chi connectivity index (χ1) is 14.6. The molecule has 0 spiro atoms. The summed E-state index contributed by atoms with van der Waals surface area (Å²) in [5, 5.41) is 0. The second-order valence-electron chi connectivity index (χ2n) is 6.07. The maximum Gasteiger partial charge on any atom is 0.337 e. The van der Waals surface area contributed by atoms with Crippen LogP contribution in [0.3, 0.4) is 0 Å². The lowest BCUT2D eigenvalue weighted by Crippen LogP contribution is -2.17. The molecule has 3 heteroatoms. The van der Waals surface area contributed by atoms with Crippen molar-refractivity contribution in [2.45, 2.75) is 74.7 Å². The molecule has 30 heavy (non-hydrogen) atoms. The maximum atomic E-state index is 11.0. The molecule has 0 N–H and O–H groups in total. The highest BCUT2D eigenvalue weighted by atomic mass is 16.5. The number of carbonyl (C=O) groups is 1. The van der Waals surface area contributed by atoms with Crippen LogP contribution in [0.4, 0.5) is 5.69 Å². The Morgan fingerprint density at radius 3 is 1.70 bits per heavy atom. The van der Waals surface area contributed by atoms with E-state index in [1.165, 1.54) is 49.9 Å². The molecule has 0 radical (unpaired) electrons. The summed E-state index contributed by atoms with van der Waals surface area (Å²) >= 11 is 0. The number of ether oxygens (including phenoxy) is 1. The SMILES string of the molecule is CC.CC.CC.CCc1ccc(C(=O)OC)cc1.Cc1ccc(N2CCCC2)cc1. The topological polar surface area (TPSA) is 29.5 Å². The predicted octanol–water partition coefficient (Wildman–Crippen LogP) is 7.71. The fourth-order valence-electron chi connectivity index (χ4n) is 2.73. The molecule has 3 rings (SSSR count). The molecule has 0 amide bonds. The molecule has 2 aromatic carbocycles. The molecule has 0 aromatic heterocycles. The second kappa shape index (κ2) is 20.0. The van der Waals surface area contributed by atoms with Gasteiger partial charge in [-0.1, -0.05) is 78.3 Å². The van der Waals surface area contributed by atoms with Crippen molar-refractivity contribution in [1.29, 1.82) is 0 Å². The fraction of sp³-hybridized carbons (Fsp3) is 0.519. The van der Waals surface area contributed by atoms with Crippen molar-refractivity contribution < 1.29 is 9.53 Å². The Labute approximate surface area is 186 Å². The molecule has 1 aliphatic rings. The van der Waals surface area contributed by atoms with E-state index in [1.807, 2.05) is 53.7 Å². The first-order valence-electron chi connectivity index (χ1n) is 11.6. The molecule has 3 nitrogen and oxygen atoms in total. The minimum Gasteiger partial charge on any atom is -0.465 e. The summed E-state index contributed by atoms with van der Waals surface area (Å²) in [4.78, 5) is 13.4. The van der Waals surface area contributed by atoms with Crippen molar-refractivity contribution in [2.24, 2.45) is 0 Å². The third kappa shape index (κ3) is 11.6. The Hall–Kier alpha value is -2.29. The Balaban J connectivity index is 0. The van der Waals surface area contributed by atoms with Crippen LogP contribution in [0.2, 0.25) is 0 Å². The van der Waals surface area contributed by atoms with Crippen molar-refractivity contribution in [1.82, 2.24) is 0 Å². The van der Waals surface area contributed by atoms with Crippen LogP contribution in [0.1, 0.15) is 82.8 Å². The molecule has 0 aliphatic carbocycles. The number of aryl methyl sites for hydroxylation is 2. The van der Waals surface area contributed by atoms with Gasteiger partial charge in [-0.2, -0.15) is 0 Å². The van der Waals surface area contributed by atoms with E-state index in [1.54, 1.807) is 12.1 Å². The molecule has 0 atom stereocenters. The van der Waals surface area contributed by atoms with E-state index in [0.717, 1.165) is 6.42 Å². The van der Waals surface area contributed by atoms with Gasteiger partial charge < -0.3 is 9.64 Å². The minimum atomic E-state index is -0.280. The smallest absolute Gasteiger partial charge is 0.337 e.